The summed E-state index contributed by atoms with van der Waals surface area (Å²) >= 11 is 3.21. The predicted molar refractivity (Wildman–Crippen MR) is 71.7 cm³/mol. The molecule has 1 heterocycles. The number of nitro groups is 1. The van der Waals surface area contributed by atoms with Gasteiger partial charge in [0.05, 0.1) is 11.0 Å². The normalized spacial score (nSPS) is 23.0. The van der Waals surface area contributed by atoms with E-state index < -0.39 is 11.0 Å². The standard InChI is InChI=1S/C11H14BrN3O3/c12-8-1-2-9(10(3-8)15(17)18)14-5-7-4-13-6-11(7)16/h1-3,7,11,13-14,16H,4-6H2/t7-,11+/m0/s1. The third-order valence-corrected chi connectivity index (χ3v) is 3.51. The summed E-state index contributed by atoms with van der Waals surface area (Å²) in [5.41, 5.74) is 0.507. The summed E-state index contributed by atoms with van der Waals surface area (Å²) in [5.74, 6) is 0.0771. The Hall–Kier alpha value is -1.18. The minimum atomic E-state index is -0.420. The monoisotopic (exact) mass is 315 g/mol. The fourth-order valence-corrected chi connectivity index (χ4v) is 2.32. The number of nitrogens with zero attached hydrogens (tertiary/aromatic N) is 1. The van der Waals surface area contributed by atoms with Crippen LogP contribution in [0.3, 0.4) is 0 Å². The summed E-state index contributed by atoms with van der Waals surface area (Å²) in [6, 6.07) is 4.88. The third kappa shape index (κ3) is 2.98. The zero-order valence-corrected chi connectivity index (χ0v) is 11.2. The van der Waals surface area contributed by atoms with Crippen LogP contribution in [-0.2, 0) is 0 Å². The first kappa shape index (κ1) is 13.3. The summed E-state index contributed by atoms with van der Waals surface area (Å²) in [6.45, 7) is 1.81. The van der Waals surface area contributed by atoms with Crippen LogP contribution in [0.5, 0.6) is 0 Å². The van der Waals surface area contributed by atoms with E-state index in [9.17, 15) is 15.2 Å². The van der Waals surface area contributed by atoms with Gasteiger partial charge in [0.2, 0.25) is 0 Å². The molecule has 0 aromatic heterocycles. The molecular weight excluding hydrogens is 302 g/mol. The number of benzene rings is 1. The molecule has 0 aliphatic carbocycles. The van der Waals surface area contributed by atoms with E-state index in [4.69, 9.17) is 0 Å². The molecule has 0 saturated carbocycles. The Morgan fingerprint density at radius 1 is 1.56 bits per heavy atom. The lowest BCUT2D eigenvalue weighted by Crippen LogP contribution is -2.25. The lowest BCUT2D eigenvalue weighted by atomic mass is 10.1. The first-order valence-corrected chi connectivity index (χ1v) is 6.44. The van der Waals surface area contributed by atoms with Crippen molar-refractivity contribution in [1.29, 1.82) is 0 Å². The minimum absolute atomic E-state index is 0.0322. The van der Waals surface area contributed by atoms with Crippen molar-refractivity contribution < 1.29 is 10.0 Å². The van der Waals surface area contributed by atoms with E-state index in [0.717, 1.165) is 6.54 Å². The number of nitro benzene ring substituents is 1. The molecule has 1 fully saturated rings. The molecule has 18 heavy (non-hydrogen) atoms. The summed E-state index contributed by atoms with van der Waals surface area (Å²) in [6.07, 6.45) is -0.396. The fraction of sp³-hybridized carbons (Fsp3) is 0.455. The van der Waals surface area contributed by atoms with Crippen molar-refractivity contribution in [3.63, 3.8) is 0 Å². The van der Waals surface area contributed by atoms with Gasteiger partial charge in [-0.3, -0.25) is 10.1 Å². The molecule has 3 N–H and O–H groups in total. The van der Waals surface area contributed by atoms with Crippen LogP contribution >= 0.6 is 15.9 Å². The second kappa shape index (κ2) is 5.64. The molecule has 0 bridgehead atoms. The molecule has 0 amide bonds. The highest BCUT2D eigenvalue weighted by Crippen LogP contribution is 2.28. The minimum Gasteiger partial charge on any atom is -0.391 e. The van der Waals surface area contributed by atoms with Gasteiger partial charge in [0.15, 0.2) is 0 Å². The average molecular weight is 316 g/mol. The van der Waals surface area contributed by atoms with Gasteiger partial charge in [0.25, 0.3) is 5.69 Å². The van der Waals surface area contributed by atoms with Crippen molar-refractivity contribution in [2.45, 2.75) is 6.10 Å². The Bertz CT molecular complexity index is 455. The topological polar surface area (TPSA) is 87.4 Å². The highest BCUT2D eigenvalue weighted by molar-refractivity contribution is 9.10. The van der Waals surface area contributed by atoms with Crippen LogP contribution < -0.4 is 10.6 Å². The molecule has 6 nitrogen and oxygen atoms in total. The van der Waals surface area contributed by atoms with Crippen LogP contribution in [0.15, 0.2) is 22.7 Å². The quantitative estimate of drug-likeness (QED) is 0.576. The summed E-state index contributed by atoms with van der Waals surface area (Å²) in [4.78, 5) is 10.5. The van der Waals surface area contributed by atoms with Gasteiger partial charge in [-0.1, -0.05) is 15.9 Å². The molecule has 2 atom stereocenters. The summed E-state index contributed by atoms with van der Waals surface area (Å²) < 4.78 is 0.669. The first-order chi connectivity index (χ1) is 8.58. The number of nitrogens with one attached hydrogen (secondary N) is 2. The summed E-state index contributed by atoms with van der Waals surface area (Å²) in [5, 5.41) is 26.7. The number of aliphatic hydroxyl groups is 1. The van der Waals surface area contributed by atoms with Crippen molar-refractivity contribution in [3.8, 4) is 0 Å². The average Bonchev–Trinajstić information content (AvgIpc) is 2.73. The highest BCUT2D eigenvalue weighted by atomic mass is 79.9. The van der Waals surface area contributed by atoms with Crippen LogP contribution in [0.1, 0.15) is 0 Å². The SMILES string of the molecule is O=[N+]([O-])c1cc(Br)ccc1NC[C@@H]1CNC[C@H]1O. The Kier molecular flexibility index (Phi) is 4.15. The zero-order chi connectivity index (χ0) is 13.1. The molecule has 98 valence electrons. The van der Waals surface area contributed by atoms with Gasteiger partial charge in [-0.25, -0.2) is 0 Å². The van der Waals surface area contributed by atoms with E-state index in [2.05, 4.69) is 26.6 Å². The van der Waals surface area contributed by atoms with E-state index >= 15 is 0 Å². The van der Waals surface area contributed by atoms with E-state index in [0.29, 0.717) is 23.2 Å². The van der Waals surface area contributed by atoms with Crippen LogP contribution in [0.4, 0.5) is 11.4 Å². The zero-order valence-electron chi connectivity index (χ0n) is 9.60. The maximum atomic E-state index is 10.9. The fourth-order valence-electron chi connectivity index (χ4n) is 1.97. The number of hydrogen-bond acceptors (Lipinski definition) is 5. The van der Waals surface area contributed by atoms with Crippen LogP contribution in [0.2, 0.25) is 0 Å². The van der Waals surface area contributed by atoms with Crippen molar-refractivity contribution in [3.05, 3.63) is 32.8 Å². The lowest BCUT2D eigenvalue weighted by molar-refractivity contribution is -0.384. The second-order valence-corrected chi connectivity index (χ2v) is 5.20. The Morgan fingerprint density at radius 3 is 2.94 bits per heavy atom. The Balaban J connectivity index is 2.06. The number of rotatable bonds is 4. The van der Waals surface area contributed by atoms with Gasteiger partial charge in [-0.2, -0.15) is 0 Å². The van der Waals surface area contributed by atoms with Crippen molar-refractivity contribution in [1.82, 2.24) is 5.32 Å². The first-order valence-electron chi connectivity index (χ1n) is 5.64. The smallest absolute Gasteiger partial charge is 0.293 e. The van der Waals surface area contributed by atoms with Crippen LogP contribution in [0, 0.1) is 16.0 Å². The van der Waals surface area contributed by atoms with Gasteiger partial charge >= 0.3 is 0 Å². The van der Waals surface area contributed by atoms with Gasteiger partial charge < -0.3 is 15.7 Å². The van der Waals surface area contributed by atoms with Gasteiger partial charge in [-0.15, -0.1) is 0 Å². The molecule has 0 spiro atoms. The van der Waals surface area contributed by atoms with Crippen molar-refractivity contribution in [2.24, 2.45) is 5.92 Å². The van der Waals surface area contributed by atoms with Gasteiger partial charge in [0, 0.05) is 36.1 Å². The van der Waals surface area contributed by atoms with E-state index in [1.54, 1.807) is 12.1 Å². The van der Waals surface area contributed by atoms with Crippen molar-refractivity contribution >= 4 is 27.3 Å². The highest BCUT2D eigenvalue weighted by Gasteiger charge is 2.25. The number of β-amino-alcohol motifs (C(OH)–C–C–N with tert-alkyl or cyclic N) is 1. The second-order valence-electron chi connectivity index (χ2n) is 4.29. The molecule has 2 rings (SSSR count). The number of hydrogen-bond donors (Lipinski definition) is 3. The molecular formula is C11H14BrN3O3. The maximum Gasteiger partial charge on any atom is 0.293 e. The molecule has 7 heteroatoms. The molecule has 1 saturated heterocycles. The third-order valence-electron chi connectivity index (χ3n) is 3.02. The van der Waals surface area contributed by atoms with Gasteiger partial charge in [-0.05, 0) is 12.1 Å². The molecule has 1 aromatic rings. The van der Waals surface area contributed by atoms with Crippen LogP contribution in [0.25, 0.3) is 0 Å². The molecule has 0 radical (unpaired) electrons. The molecule has 1 aromatic carbocycles. The number of anilines is 1. The largest absolute Gasteiger partial charge is 0.391 e. The predicted octanol–water partition coefficient (Wildman–Crippen LogP) is 1.35. The summed E-state index contributed by atoms with van der Waals surface area (Å²) in [7, 11) is 0. The molecule has 0 unspecified atom stereocenters. The van der Waals surface area contributed by atoms with Gasteiger partial charge in [0.1, 0.15) is 5.69 Å². The lowest BCUT2D eigenvalue weighted by Gasteiger charge is -2.15. The van der Waals surface area contributed by atoms with E-state index in [1.807, 2.05) is 0 Å². The van der Waals surface area contributed by atoms with E-state index in [1.165, 1.54) is 6.07 Å². The Morgan fingerprint density at radius 2 is 2.33 bits per heavy atom. The molecule has 1 aliphatic heterocycles. The Labute approximate surface area is 113 Å². The van der Waals surface area contributed by atoms with Crippen LogP contribution in [-0.4, -0.2) is 35.8 Å². The number of halogens is 1. The number of aliphatic hydroxyl groups excluding tert-OH is 1. The molecule has 1 aliphatic rings. The van der Waals surface area contributed by atoms with Crippen molar-refractivity contribution in [2.75, 3.05) is 25.0 Å². The van der Waals surface area contributed by atoms with E-state index in [-0.39, 0.29) is 11.6 Å². The maximum absolute atomic E-state index is 10.9.